The van der Waals surface area contributed by atoms with Gasteiger partial charge in [-0.15, -0.1) is 10.2 Å². The van der Waals surface area contributed by atoms with Crippen LogP contribution in [0, 0.1) is 17.0 Å². The van der Waals surface area contributed by atoms with E-state index < -0.39 is 0 Å². The molecule has 1 saturated carbocycles. The Hall–Kier alpha value is -1.86. The summed E-state index contributed by atoms with van der Waals surface area (Å²) in [5.74, 6) is 0. The lowest BCUT2D eigenvalue weighted by Crippen LogP contribution is -2.14. The highest BCUT2D eigenvalue weighted by molar-refractivity contribution is 7.14. The molecule has 1 aromatic carbocycles. The standard InChI is InChI=1S/C13H14N4O2S/c1-8-10(3-2-4-11(8)17(18)19)13-16-15-12(20-13)7-14-9-5-6-9/h2-4,9,14H,5-7H2,1H3. The number of nitro benzene ring substituents is 1. The third kappa shape index (κ3) is 2.68. The van der Waals surface area contributed by atoms with E-state index in [-0.39, 0.29) is 10.6 Å². The van der Waals surface area contributed by atoms with Crippen molar-refractivity contribution in [3.8, 4) is 10.6 Å². The third-order valence-corrected chi connectivity index (χ3v) is 4.27. The molecular weight excluding hydrogens is 276 g/mol. The fourth-order valence-electron chi connectivity index (χ4n) is 2.01. The normalized spacial score (nSPS) is 14.4. The van der Waals surface area contributed by atoms with E-state index in [4.69, 9.17) is 0 Å². The highest BCUT2D eigenvalue weighted by atomic mass is 32.1. The van der Waals surface area contributed by atoms with Gasteiger partial charge in [-0.2, -0.15) is 0 Å². The van der Waals surface area contributed by atoms with Crippen molar-refractivity contribution in [1.82, 2.24) is 15.5 Å². The van der Waals surface area contributed by atoms with Crippen LogP contribution in [0.25, 0.3) is 10.6 Å². The second-order valence-electron chi connectivity index (χ2n) is 4.86. The van der Waals surface area contributed by atoms with Crippen LogP contribution in [0.5, 0.6) is 0 Å². The number of rotatable bonds is 5. The van der Waals surface area contributed by atoms with Crippen molar-refractivity contribution in [1.29, 1.82) is 0 Å². The van der Waals surface area contributed by atoms with Crippen molar-refractivity contribution in [2.24, 2.45) is 0 Å². The van der Waals surface area contributed by atoms with Crippen molar-refractivity contribution in [3.63, 3.8) is 0 Å². The number of hydrogen-bond acceptors (Lipinski definition) is 6. The van der Waals surface area contributed by atoms with Crippen LogP contribution in [-0.2, 0) is 6.54 Å². The van der Waals surface area contributed by atoms with Crippen LogP contribution in [0.3, 0.4) is 0 Å². The van der Waals surface area contributed by atoms with E-state index in [2.05, 4.69) is 15.5 Å². The molecule has 0 spiro atoms. The minimum atomic E-state index is -0.366. The molecule has 0 aliphatic heterocycles. The first kappa shape index (κ1) is 13.1. The molecule has 7 heteroatoms. The largest absolute Gasteiger partial charge is 0.308 e. The van der Waals surface area contributed by atoms with E-state index in [0.29, 0.717) is 11.6 Å². The zero-order chi connectivity index (χ0) is 14.1. The second-order valence-corrected chi connectivity index (χ2v) is 5.93. The highest BCUT2D eigenvalue weighted by Crippen LogP contribution is 2.31. The Morgan fingerprint density at radius 2 is 2.25 bits per heavy atom. The molecule has 1 aliphatic rings. The number of aromatic nitrogens is 2. The molecule has 0 amide bonds. The van der Waals surface area contributed by atoms with Gasteiger partial charge in [0.2, 0.25) is 0 Å². The van der Waals surface area contributed by atoms with Crippen molar-refractivity contribution < 1.29 is 4.92 Å². The Morgan fingerprint density at radius 1 is 1.45 bits per heavy atom. The summed E-state index contributed by atoms with van der Waals surface area (Å²) in [6.07, 6.45) is 2.46. The SMILES string of the molecule is Cc1c(-c2nnc(CNC3CC3)s2)cccc1[N+](=O)[O-]. The summed E-state index contributed by atoms with van der Waals surface area (Å²) in [6.45, 7) is 2.47. The lowest BCUT2D eigenvalue weighted by molar-refractivity contribution is -0.385. The summed E-state index contributed by atoms with van der Waals surface area (Å²) >= 11 is 1.48. The van der Waals surface area contributed by atoms with Gasteiger partial charge in [0.05, 0.1) is 4.92 Å². The third-order valence-electron chi connectivity index (χ3n) is 3.32. The fourth-order valence-corrected chi connectivity index (χ4v) is 2.88. The van der Waals surface area contributed by atoms with Gasteiger partial charge >= 0.3 is 0 Å². The van der Waals surface area contributed by atoms with Crippen molar-refractivity contribution >= 4 is 17.0 Å². The summed E-state index contributed by atoms with van der Waals surface area (Å²) in [4.78, 5) is 10.6. The van der Waals surface area contributed by atoms with E-state index in [0.717, 1.165) is 22.1 Å². The topological polar surface area (TPSA) is 81.0 Å². The van der Waals surface area contributed by atoms with Gasteiger partial charge in [0.15, 0.2) is 0 Å². The molecule has 1 heterocycles. The van der Waals surface area contributed by atoms with Gasteiger partial charge in [0.1, 0.15) is 10.0 Å². The smallest absolute Gasteiger partial charge is 0.273 e. The Bertz CT molecular complexity index is 652. The highest BCUT2D eigenvalue weighted by Gasteiger charge is 2.21. The van der Waals surface area contributed by atoms with Crippen LogP contribution >= 0.6 is 11.3 Å². The van der Waals surface area contributed by atoms with Crippen molar-refractivity contribution in [3.05, 3.63) is 38.9 Å². The number of nitrogens with zero attached hydrogens (tertiary/aromatic N) is 3. The van der Waals surface area contributed by atoms with Crippen LogP contribution < -0.4 is 5.32 Å². The summed E-state index contributed by atoms with van der Waals surface area (Å²) in [7, 11) is 0. The molecule has 1 fully saturated rings. The maximum absolute atomic E-state index is 11.0. The van der Waals surface area contributed by atoms with Gasteiger partial charge in [-0.1, -0.05) is 23.5 Å². The summed E-state index contributed by atoms with van der Waals surface area (Å²) in [5, 5.41) is 24.3. The van der Waals surface area contributed by atoms with Crippen LogP contribution in [0.1, 0.15) is 23.4 Å². The first-order valence-corrected chi connectivity index (χ1v) is 7.27. The first-order valence-electron chi connectivity index (χ1n) is 6.45. The maximum atomic E-state index is 11.0. The molecule has 3 rings (SSSR count). The van der Waals surface area contributed by atoms with Crippen molar-refractivity contribution in [2.75, 3.05) is 0 Å². The zero-order valence-electron chi connectivity index (χ0n) is 11.0. The molecule has 6 nitrogen and oxygen atoms in total. The number of hydrogen-bond donors (Lipinski definition) is 1. The zero-order valence-corrected chi connectivity index (χ0v) is 11.8. The molecule has 20 heavy (non-hydrogen) atoms. The molecule has 0 atom stereocenters. The van der Waals surface area contributed by atoms with E-state index in [1.165, 1.54) is 30.2 Å². The van der Waals surface area contributed by atoms with E-state index in [1.807, 2.05) is 6.07 Å². The number of nitro groups is 1. The van der Waals surface area contributed by atoms with Gasteiger partial charge < -0.3 is 5.32 Å². The molecule has 0 radical (unpaired) electrons. The van der Waals surface area contributed by atoms with Crippen LogP contribution in [0.4, 0.5) is 5.69 Å². The predicted molar refractivity (Wildman–Crippen MR) is 76.6 cm³/mol. The van der Waals surface area contributed by atoms with Crippen LogP contribution in [-0.4, -0.2) is 21.2 Å². The van der Waals surface area contributed by atoms with Crippen LogP contribution in [0.2, 0.25) is 0 Å². The Morgan fingerprint density at radius 3 is 2.95 bits per heavy atom. The molecule has 1 aliphatic carbocycles. The molecule has 104 valence electrons. The Labute approximate surface area is 120 Å². The molecule has 0 bridgehead atoms. The quantitative estimate of drug-likeness (QED) is 0.676. The summed E-state index contributed by atoms with van der Waals surface area (Å²) in [5.41, 5.74) is 1.54. The lowest BCUT2D eigenvalue weighted by Gasteiger charge is -2.02. The summed E-state index contributed by atoms with van der Waals surface area (Å²) in [6, 6.07) is 5.67. The van der Waals surface area contributed by atoms with Gasteiger partial charge in [-0.25, -0.2) is 0 Å². The Kier molecular flexibility index (Phi) is 3.45. The number of benzene rings is 1. The molecular formula is C13H14N4O2S. The molecule has 1 N–H and O–H groups in total. The second kappa shape index (κ2) is 5.26. The van der Waals surface area contributed by atoms with Crippen LogP contribution in [0.15, 0.2) is 18.2 Å². The van der Waals surface area contributed by atoms with Gasteiger partial charge in [0, 0.05) is 29.8 Å². The van der Waals surface area contributed by atoms with Gasteiger partial charge in [-0.05, 0) is 19.8 Å². The average molecular weight is 290 g/mol. The lowest BCUT2D eigenvalue weighted by atomic mass is 10.1. The van der Waals surface area contributed by atoms with Crippen molar-refractivity contribution in [2.45, 2.75) is 32.4 Å². The van der Waals surface area contributed by atoms with E-state index in [9.17, 15) is 10.1 Å². The molecule has 1 aromatic heterocycles. The van der Waals surface area contributed by atoms with E-state index in [1.54, 1.807) is 13.0 Å². The number of nitrogens with one attached hydrogen (secondary N) is 1. The fraction of sp³-hybridized carbons (Fsp3) is 0.385. The molecule has 2 aromatic rings. The Balaban J connectivity index is 1.84. The maximum Gasteiger partial charge on any atom is 0.273 e. The summed E-state index contributed by atoms with van der Waals surface area (Å²) < 4.78 is 0. The first-order chi connectivity index (χ1) is 9.65. The minimum absolute atomic E-state index is 0.121. The minimum Gasteiger partial charge on any atom is -0.308 e. The molecule has 0 unspecified atom stereocenters. The van der Waals surface area contributed by atoms with E-state index >= 15 is 0 Å². The average Bonchev–Trinajstić information content (AvgIpc) is 3.14. The van der Waals surface area contributed by atoms with Gasteiger partial charge in [-0.3, -0.25) is 10.1 Å². The predicted octanol–water partition coefficient (Wildman–Crippen LogP) is 2.67. The molecule has 0 saturated heterocycles. The van der Waals surface area contributed by atoms with Gasteiger partial charge in [0.25, 0.3) is 5.69 Å². The monoisotopic (exact) mass is 290 g/mol.